The highest BCUT2D eigenvalue weighted by atomic mass is 16.5. The quantitative estimate of drug-likeness (QED) is 0.395. The first-order chi connectivity index (χ1) is 12.3. The van der Waals surface area contributed by atoms with Crippen LogP contribution >= 0.6 is 0 Å². The molecule has 2 rings (SSSR count). The molecule has 5 nitrogen and oxygen atoms in total. The number of aliphatic imine (C=N–C) groups is 1. The lowest BCUT2D eigenvalue weighted by atomic mass is 10.1. The van der Waals surface area contributed by atoms with Crippen molar-refractivity contribution in [3.63, 3.8) is 0 Å². The monoisotopic (exact) mass is 343 g/mol. The SMILES string of the molecule is CCOCCCCNC(=NC)NCCOc1cccc2ccccc12. The molecule has 0 aliphatic rings. The normalized spacial score (nSPS) is 11.5. The lowest BCUT2D eigenvalue weighted by molar-refractivity contribution is 0.143. The van der Waals surface area contributed by atoms with Crippen molar-refractivity contribution in [1.82, 2.24) is 10.6 Å². The van der Waals surface area contributed by atoms with E-state index in [9.17, 15) is 0 Å². The van der Waals surface area contributed by atoms with Crippen molar-refractivity contribution in [2.24, 2.45) is 4.99 Å². The van der Waals surface area contributed by atoms with Gasteiger partial charge in [0.25, 0.3) is 0 Å². The van der Waals surface area contributed by atoms with Crippen molar-refractivity contribution in [3.05, 3.63) is 42.5 Å². The number of rotatable bonds is 10. The van der Waals surface area contributed by atoms with Crippen LogP contribution < -0.4 is 15.4 Å². The van der Waals surface area contributed by atoms with E-state index < -0.39 is 0 Å². The highest BCUT2D eigenvalue weighted by Gasteiger charge is 2.01. The molecule has 2 N–H and O–H groups in total. The predicted molar refractivity (Wildman–Crippen MR) is 105 cm³/mol. The molecular formula is C20H29N3O2. The van der Waals surface area contributed by atoms with Crippen LogP contribution in [0.2, 0.25) is 0 Å². The molecule has 5 heteroatoms. The molecule has 0 heterocycles. The molecule has 0 unspecified atom stereocenters. The van der Waals surface area contributed by atoms with Gasteiger partial charge in [0.05, 0.1) is 6.54 Å². The first kappa shape index (κ1) is 19.1. The van der Waals surface area contributed by atoms with Gasteiger partial charge in [-0.3, -0.25) is 4.99 Å². The highest BCUT2D eigenvalue weighted by molar-refractivity contribution is 5.88. The minimum atomic E-state index is 0.582. The summed E-state index contributed by atoms with van der Waals surface area (Å²) in [5.74, 6) is 1.72. The van der Waals surface area contributed by atoms with Crippen molar-refractivity contribution < 1.29 is 9.47 Å². The number of nitrogens with one attached hydrogen (secondary N) is 2. The van der Waals surface area contributed by atoms with Gasteiger partial charge >= 0.3 is 0 Å². The number of benzene rings is 2. The zero-order valence-corrected chi connectivity index (χ0v) is 15.3. The molecule has 0 fully saturated rings. The molecule has 0 saturated carbocycles. The van der Waals surface area contributed by atoms with E-state index in [0.29, 0.717) is 13.2 Å². The molecule has 136 valence electrons. The molecule has 0 aromatic heterocycles. The first-order valence-electron chi connectivity index (χ1n) is 8.98. The fraction of sp³-hybridized carbons (Fsp3) is 0.450. The Labute approximate surface area is 150 Å². The Kier molecular flexibility index (Phi) is 8.63. The topological polar surface area (TPSA) is 54.9 Å². The van der Waals surface area contributed by atoms with Gasteiger partial charge in [0, 0.05) is 32.2 Å². The summed E-state index contributed by atoms with van der Waals surface area (Å²) >= 11 is 0. The molecule has 0 saturated heterocycles. The van der Waals surface area contributed by atoms with E-state index in [4.69, 9.17) is 9.47 Å². The van der Waals surface area contributed by atoms with Crippen LogP contribution in [-0.4, -0.2) is 45.9 Å². The van der Waals surface area contributed by atoms with Crippen molar-refractivity contribution >= 4 is 16.7 Å². The van der Waals surface area contributed by atoms with Crippen molar-refractivity contribution in [2.45, 2.75) is 19.8 Å². The van der Waals surface area contributed by atoms with Crippen LogP contribution in [-0.2, 0) is 4.74 Å². The fourth-order valence-corrected chi connectivity index (χ4v) is 2.55. The van der Waals surface area contributed by atoms with Gasteiger partial charge in [-0.1, -0.05) is 36.4 Å². The number of nitrogens with zero attached hydrogens (tertiary/aromatic N) is 1. The smallest absolute Gasteiger partial charge is 0.191 e. The molecule has 0 radical (unpaired) electrons. The zero-order valence-electron chi connectivity index (χ0n) is 15.3. The Morgan fingerprint density at radius 3 is 2.60 bits per heavy atom. The Hall–Kier alpha value is -2.27. The summed E-state index contributed by atoms with van der Waals surface area (Å²) in [6.45, 7) is 5.79. The van der Waals surface area contributed by atoms with Gasteiger partial charge in [0.1, 0.15) is 12.4 Å². The van der Waals surface area contributed by atoms with Gasteiger partial charge in [-0.15, -0.1) is 0 Å². The van der Waals surface area contributed by atoms with E-state index in [0.717, 1.165) is 49.7 Å². The Morgan fingerprint density at radius 2 is 1.76 bits per heavy atom. The maximum Gasteiger partial charge on any atom is 0.191 e. The number of fused-ring (bicyclic) bond motifs is 1. The van der Waals surface area contributed by atoms with E-state index in [2.05, 4.69) is 33.8 Å². The van der Waals surface area contributed by atoms with E-state index in [1.165, 1.54) is 5.39 Å². The second-order valence-electron chi connectivity index (χ2n) is 5.66. The van der Waals surface area contributed by atoms with Gasteiger partial charge < -0.3 is 20.1 Å². The molecule has 0 aliphatic carbocycles. The molecule has 0 atom stereocenters. The van der Waals surface area contributed by atoms with E-state index >= 15 is 0 Å². The molecule has 0 amide bonds. The number of unbranched alkanes of at least 4 members (excludes halogenated alkanes) is 1. The van der Waals surface area contributed by atoms with Crippen molar-refractivity contribution in [3.8, 4) is 5.75 Å². The fourth-order valence-electron chi connectivity index (χ4n) is 2.55. The molecule has 0 bridgehead atoms. The maximum absolute atomic E-state index is 5.92. The van der Waals surface area contributed by atoms with Gasteiger partial charge in [-0.05, 0) is 31.2 Å². The average Bonchev–Trinajstić information content (AvgIpc) is 2.66. The molecule has 0 spiro atoms. The van der Waals surface area contributed by atoms with Crippen LogP contribution in [0.1, 0.15) is 19.8 Å². The van der Waals surface area contributed by atoms with Crippen molar-refractivity contribution in [1.29, 1.82) is 0 Å². The van der Waals surface area contributed by atoms with Gasteiger partial charge in [-0.25, -0.2) is 0 Å². The van der Waals surface area contributed by atoms with E-state index in [1.54, 1.807) is 7.05 Å². The second kappa shape index (κ2) is 11.3. The minimum Gasteiger partial charge on any atom is -0.491 e. The zero-order chi connectivity index (χ0) is 17.7. The van der Waals surface area contributed by atoms with Gasteiger partial charge in [-0.2, -0.15) is 0 Å². The average molecular weight is 343 g/mol. The van der Waals surface area contributed by atoms with Crippen molar-refractivity contribution in [2.75, 3.05) is 40.0 Å². The Morgan fingerprint density at radius 1 is 0.960 bits per heavy atom. The number of ether oxygens (including phenoxy) is 2. The third-order valence-corrected chi connectivity index (χ3v) is 3.84. The summed E-state index contributed by atoms with van der Waals surface area (Å²) in [7, 11) is 1.78. The summed E-state index contributed by atoms with van der Waals surface area (Å²) < 4.78 is 11.3. The largest absolute Gasteiger partial charge is 0.491 e. The third kappa shape index (κ3) is 6.63. The third-order valence-electron chi connectivity index (χ3n) is 3.84. The minimum absolute atomic E-state index is 0.582. The Balaban J connectivity index is 1.67. The lowest BCUT2D eigenvalue weighted by Crippen LogP contribution is -2.39. The van der Waals surface area contributed by atoms with Gasteiger partial charge in [0.15, 0.2) is 5.96 Å². The number of guanidine groups is 1. The Bertz CT molecular complexity index is 653. The lowest BCUT2D eigenvalue weighted by Gasteiger charge is -2.13. The summed E-state index contributed by atoms with van der Waals surface area (Å²) in [5.41, 5.74) is 0. The first-order valence-corrected chi connectivity index (χ1v) is 8.98. The molecule has 0 aliphatic heterocycles. The van der Waals surface area contributed by atoms with Crippen LogP contribution in [0.25, 0.3) is 10.8 Å². The summed E-state index contributed by atoms with van der Waals surface area (Å²) in [6.07, 6.45) is 2.12. The van der Waals surface area contributed by atoms with Crippen LogP contribution in [0, 0.1) is 0 Å². The standard InChI is InChI=1S/C20H29N3O2/c1-3-24-15-7-6-13-22-20(21-2)23-14-16-25-19-12-8-10-17-9-4-5-11-18(17)19/h4-5,8-12H,3,6-7,13-16H2,1-2H3,(H2,21,22,23). The highest BCUT2D eigenvalue weighted by Crippen LogP contribution is 2.24. The van der Waals surface area contributed by atoms with Crippen LogP contribution in [0.4, 0.5) is 0 Å². The van der Waals surface area contributed by atoms with Crippen LogP contribution in [0.3, 0.4) is 0 Å². The second-order valence-corrected chi connectivity index (χ2v) is 5.66. The number of hydrogen-bond donors (Lipinski definition) is 2. The van der Waals surface area contributed by atoms with E-state index in [-0.39, 0.29) is 0 Å². The van der Waals surface area contributed by atoms with Crippen LogP contribution in [0.5, 0.6) is 5.75 Å². The van der Waals surface area contributed by atoms with E-state index in [1.807, 2.05) is 31.2 Å². The predicted octanol–water partition coefficient (Wildman–Crippen LogP) is 3.20. The summed E-state index contributed by atoms with van der Waals surface area (Å²) in [5, 5.41) is 8.91. The van der Waals surface area contributed by atoms with Gasteiger partial charge in [0.2, 0.25) is 0 Å². The maximum atomic E-state index is 5.92. The molecule has 25 heavy (non-hydrogen) atoms. The van der Waals surface area contributed by atoms with Crippen LogP contribution in [0.15, 0.2) is 47.5 Å². The molecule has 2 aromatic carbocycles. The molecule has 2 aromatic rings. The molecular weight excluding hydrogens is 314 g/mol. The summed E-state index contributed by atoms with van der Waals surface area (Å²) in [6, 6.07) is 14.4. The number of hydrogen-bond acceptors (Lipinski definition) is 3. The summed E-state index contributed by atoms with van der Waals surface area (Å²) in [4.78, 5) is 4.22.